The molecule has 4 nitrogen and oxygen atoms in total. The molecule has 114 valence electrons. The normalized spacial score (nSPS) is 36.4. The first-order valence-corrected chi connectivity index (χ1v) is 8.13. The van der Waals surface area contributed by atoms with Gasteiger partial charge < -0.3 is 4.90 Å². The highest BCUT2D eigenvalue weighted by Gasteiger charge is 2.42. The molecule has 2 rings (SSSR count). The quantitative estimate of drug-likeness (QED) is 0.852. The van der Waals surface area contributed by atoms with Gasteiger partial charge in [-0.1, -0.05) is 6.92 Å². The lowest BCUT2D eigenvalue weighted by Crippen LogP contribution is -2.54. The van der Waals surface area contributed by atoms with Crippen LogP contribution in [-0.4, -0.2) is 60.1 Å². The van der Waals surface area contributed by atoms with E-state index < -0.39 is 0 Å². The summed E-state index contributed by atoms with van der Waals surface area (Å²) in [5.41, 5.74) is -0.288. The smallest absolute Gasteiger partial charge is 0.108 e. The SMILES string of the molecule is CCC1CN(C2CCC(C#N)(NC(C)C)C2)CCN1C. The molecular formula is C16H30N4. The van der Waals surface area contributed by atoms with E-state index in [1.807, 2.05) is 0 Å². The monoisotopic (exact) mass is 278 g/mol. The predicted molar refractivity (Wildman–Crippen MR) is 82.5 cm³/mol. The zero-order valence-corrected chi connectivity index (χ0v) is 13.5. The largest absolute Gasteiger partial charge is 0.301 e. The number of piperazine rings is 1. The summed E-state index contributed by atoms with van der Waals surface area (Å²) in [6.07, 6.45) is 4.36. The molecule has 0 amide bonds. The van der Waals surface area contributed by atoms with Crippen LogP contribution in [0.5, 0.6) is 0 Å². The highest BCUT2D eigenvalue weighted by Crippen LogP contribution is 2.34. The molecule has 3 atom stereocenters. The number of rotatable bonds is 4. The third-order valence-corrected chi connectivity index (χ3v) is 5.06. The lowest BCUT2D eigenvalue weighted by atomic mass is 9.97. The zero-order valence-electron chi connectivity index (χ0n) is 13.5. The van der Waals surface area contributed by atoms with Crippen molar-refractivity contribution in [1.82, 2.24) is 15.1 Å². The lowest BCUT2D eigenvalue weighted by Gasteiger charge is -2.42. The summed E-state index contributed by atoms with van der Waals surface area (Å²) in [4.78, 5) is 5.12. The van der Waals surface area contributed by atoms with Crippen molar-refractivity contribution in [2.75, 3.05) is 26.7 Å². The van der Waals surface area contributed by atoms with Crippen LogP contribution in [-0.2, 0) is 0 Å². The fourth-order valence-electron chi connectivity index (χ4n) is 3.89. The molecule has 0 bridgehead atoms. The van der Waals surface area contributed by atoms with E-state index in [2.05, 4.69) is 49.0 Å². The Kier molecular flexibility index (Phi) is 5.06. The highest BCUT2D eigenvalue weighted by molar-refractivity contribution is 5.14. The van der Waals surface area contributed by atoms with Gasteiger partial charge in [-0.15, -0.1) is 0 Å². The van der Waals surface area contributed by atoms with Gasteiger partial charge in [-0.05, 0) is 46.6 Å². The number of likely N-dealkylation sites (N-methyl/N-ethyl adjacent to an activating group) is 1. The molecular weight excluding hydrogens is 248 g/mol. The highest BCUT2D eigenvalue weighted by atomic mass is 15.3. The van der Waals surface area contributed by atoms with E-state index in [0.717, 1.165) is 32.4 Å². The minimum atomic E-state index is -0.288. The molecule has 1 heterocycles. The fraction of sp³-hybridized carbons (Fsp3) is 0.938. The second-order valence-electron chi connectivity index (χ2n) is 6.93. The molecule has 1 aliphatic heterocycles. The van der Waals surface area contributed by atoms with Crippen molar-refractivity contribution in [2.45, 2.75) is 70.1 Å². The van der Waals surface area contributed by atoms with Gasteiger partial charge >= 0.3 is 0 Å². The Morgan fingerprint density at radius 2 is 2.15 bits per heavy atom. The van der Waals surface area contributed by atoms with E-state index in [4.69, 9.17) is 0 Å². The number of hydrogen-bond donors (Lipinski definition) is 1. The van der Waals surface area contributed by atoms with Crippen molar-refractivity contribution in [3.05, 3.63) is 0 Å². The second kappa shape index (κ2) is 6.43. The third kappa shape index (κ3) is 3.33. The summed E-state index contributed by atoms with van der Waals surface area (Å²) in [6.45, 7) is 10.0. The molecule has 4 heteroatoms. The Morgan fingerprint density at radius 3 is 2.75 bits per heavy atom. The number of nitrogens with one attached hydrogen (secondary N) is 1. The maximum atomic E-state index is 9.58. The molecule has 2 aliphatic rings. The Labute approximate surface area is 124 Å². The average Bonchev–Trinajstić information content (AvgIpc) is 2.83. The fourth-order valence-corrected chi connectivity index (χ4v) is 3.89. The van der Waals surface area contributed by atoms with E-state index in [-0.39, 0.29) is 5.54 Å². The van der Waals surface area contributed by atoms with Crippen molar-refractivity contribution in [1.29, 1.82) is 5.26 Å². The van der Waals surface area contributed by atoms with Crippen LogP contribution in [0.25, 0.3) is 0 Å². The molecule has 20 heavy (non-hydrogen) atoms. The Morgan fingerprint density at radius 1 is 1.40 bits per heavy atom. The summed E-state index contributed by atoms with van der Waals surface area (Å²) >= 11 is 0. The average molecular weight is 278 g/mol. The topological polar surface area (TPSA) is 42.3 Å². The predicted octanol–water partition coefficient (Wildman–Crippen LogP) is 1.83. The van der Waals surface area contributed by atoms with Gasteiger partial charge in [0.2, 0.25) is 0 Å². The van der Waals surface area contributed by atoms with Gasteiger partial charge in [-0.25, -0.2) is 0 Å². The van der Waals surface area contributed by atoms with Crippen molar-refractivity contribution in [3.8, 4) is 6.07 Å². The summed E-state index contributed by atoms with van der Waals surface area (Å²) in [5, 5.41) is 13.1. The van der Waals surface area contributed by atoms with E-state index in [1.54, 1.807) is 0 Å². The van der Waals surface area contributed by atoms with E-state index >= 15 is 0 Å². The van der Waals surface area contributed by atoms with Crippen LogP contribution in [0, 0.1) is 11.3 Å². The van der Waals surface area contributed by atoms with Crippen LogP contribution in [0.15, 0.2) is 0 Å². The zero-order chi connectivity index (χ0) is 14.8. The number of hydrogen-bond acceptors (Lipinski definition) is 4. The van der Waals surface area contributed by atoms with Crippen LogP contribution in [0.2, 0.25) is 0 Å². The van der Waals surface area contributed by atoms with Gasteiger partial charge in [-0.3, -0.25) is 10.2 Å². The Balaban J connectivity index is 1.97. The standard InChI is InChI=1S/C16H30N4/c1-5-14-11-20(9-8-19(14)4)15-6-7-16(10-15,12-17)18-13(2)3/h13-15,18H,5-11H2,1-4H3. The minimum absolute atomic E-state index is 0.288. The van der Waals surface area contributed by atoms with Crippen molar-refractivity contribution in [2.24, 2.45) is 0 Å². The maximum Gasteiger partial charge on any atom is 0.108 e. The molecule has 0 radical (unpaired) electrons. The van der Waals surface area contributed by atoms with Crippen LogP contribution >= 0.6 is 0 Å². The minimum Gasteiger partial charge on any atom is -0.301 e. The van der Waals surface area contributed by atoms with Gasteiger partial charge in [-0.2, -0.15) is 5.26 Å². The first kappa shape index (κ1) is 15.8. The Hall–Kier alpha value is -0.630. The van der Waals surface area contributed by atoms with Gasteiger partial charge in [0.05, 0.1) is 6.07 Å². The van der Waals surface area contributed by atoms with Gasteiger partial charge in [0.15, 0.2) is 0 Å². The lowest BCUT2D eigenvalue weighted by molar-refractivity contribution is 0.0623. The summed E-state index contributed by atoms with van der Waals surface area (Å²) in [6, 6.07) is 4.21. The van der Waals surface area contributed by atoms with E-state index in [9.17, 15) is 5.26 Å². The molecule has 0 aromatic heterocycles. The second-order valence-corrected chi connectivity index (χ2v) is 6.93. The molecule has 0 aromatic rings. The third-order valence-electron chi connectivity index (χ3n) is 5.06. The molecule has 3 unspecified atom stereocenters. The Bertz CT molecular complexity index is 362. The number of nitrogens with zero attached hydrogens (tertiary/aromatic N) is 3. The molecule has 1 saturated carbocycles. The van der Waals surface area contributed by atoms with Gasteiger partial charge in [0, 0.05) is 37.8 Å². The van der Waals surface area contributed by atoms with E-state index in [1.165, 1.54) is 13.0 Å². The van der Waals surface area contributed by atoms with Crippen LogP contribution in [0.1, 0.15) is 46.5 Å². The molecule has 2 fully saturated rings. The first-order valence-electron chi connectivity index (χ1n) is 8.13. The molecule has 1 aliphatic carbocycles. The van der Waals surface area contributed by atoms with Gasteiger partial charge in [0.25, 0.3) is 0 Å². The summed E-state index contributed by atoms with van der Waals surface area (Å²) in [7, 11) is 2.24. The molecule has 0 aromatic carbocycles. The van der Waals surface area contributed by atoms with Crippen molar-refractivity contribution in [3.63, 3.8) is 0 Å². The number of nitriles is 1. The van der Waals surface area contributed by atoms with Crippen molar-refractivity contribution < 1.29 is 0 Å². The van der Waals surface area contributed by atoms with Gasteiger partial charge in [0.1, 0.15) is 5.54 Å². The van der Waals surface area contributed by atoms with E-state index in [0.29, 0.717) is 18.1 Å². The van der Waals surface area contributed by atoms with Crippen LogP contribution < -0.4 is 5.32 Å². The van der Waals surface area contributed by atoms with Crippen molar-refractivity contribution >= 4 is 0 Å². The molecule has 1 saturated heterocycles. The van der Waals surface area contributed by atoms with Crippen LogP contribution in [0.3, 0.4) is 0 Å². The maximum absolute atomic E-state index is 9.58. The molecule has 1 N–H and O–H groups in total. The molecule has 0 spiro atoms. The summed E-state index contributed by atoms with van der Waals surface area (Å²) in [5.74, 6) is 0. The summed E-state index contributed by atoms with van der Waals surface area (Å²) < 4.78 is 0. The van der Waals surface area contributed by atoms with Crippen LogP contribution in [0.4, 0.5) is 0 Å². The first-order chi connectivity index (χ1) is 9.49.